The van der Waals surface area contributed by atoms with E-state index in [4.69, 9.17) is 15.3 Å². The van der Waals surface area contributed by atoms with Crippen molar-refractivity contribution in [3.05, 3.63) is 47.7 Å². The maximum atomic E-state index is 12.5. The number of carbonyl (C=O) groups is 1. The first-order chi connectivity index (χ1) is 9.77. The van der Waals surface area contributed by atoms with E-state index in [2.05, 4.69) is 0 Å². The van der Waals surface area contributed by atoms with Crippen LogP contribution in [0.1, 0.15) is 11.3 Å². The summed E-state index contributed by atoms with van der Waals surface area (Å²) in [4.78, 5) is 10.6. The summed E-state index contributed by atoms with van der Waals surface area (Å²) in [5.41, 5.74) is 5.11. The van der Waals surface area contributed by atoms with E-state index in [9.17, 15) is 18.0 Å². The lowest BCUT2D eigenvalue weighted by atomic mass is 10.1. The normalized spacial score (nSPS) is 13.1. The molecule has 0 fully saturated rings. The van der Waals surface area contributed by atoms with E-state index in [1.807, 2.05) is 0 Å². The fourth-order valence-electron chi connectivity index (χ4n) is 1.77. The molecule has 0 saturated heterocycles. The van der Waals surface area contributed by atoms with Crippen LogP contribution in [0.2, 0.25) is 0 Å². The molecule has 0 radical (unpaired) electrons. The van der Waals surface area contributed by atoms with Gasteiger partial charge in [-0.3, -0.25) is 4.79 Å². The van der Waals surface area contributed by atoms with E-state index in [0.717, 1.165) is 12.1 Å². The number of alkyl halides is 3. The second kappa shape index (κ2) is 5.61. The van der Waals surface area contributed by atoms with Crippen LogP contribution in [-0.2, 0) is 17.4 Å². The molecule has 0 aliphatic heterocycles. The van der Waals surface area contributed by atoms with Crippen molar-refractivity contribution in [3.8, 4) is 11.3 Å². The molecule has 21 heavy (non-hydrogen) atoms. The molecule has 1 aromatic heterocycles. The molecule has 0 aliphatic rings. The molecule has 0 amide bonds. The summed E-state index contributed by atoms with van der Waals surface area (Å²) in [6.07, 6.45) is -4.38. The van der Waals surface area contributed by atoms with Crippen molar-refractivity contribution in [1.29, 1.82) is 0 Å². The quantitative estimate of drug-likeness (QED) is 0.910. The number of carboxylic acid groups (broad SMARTS) is 1. The van der Waals surface area contributed by atoms with Gasteiger partial charge in [0.15, 0.2) is 0 Å². The van der Waals surface area contributed by atoms with Crippen LogP contribution in [0.4, 0.5) is 13.2 Å². The minimum atomic E-state index is -4.39. The van der Waals surface area contributed by atoms with Gasteiger partial charge in [0.25, 0.3) is 0 Å². The van der Waals surface area contributed by atoms with E-state index in [0.29, 0.717) is 17.1 Å². The monoisotopic (exact) mass is 299 g/mol. The van der Waals surface area contributed by atoms with E-state index in [-0.39, 0.29) is 6.42 Å². The van der Waals surface area contributed by atoms with Gasteiger partial charge >= 0.3 is 12.1 Å². The zero-order chi connectivity index (χ0) is 15.6. The number of rotatable bonds is 4. The topological polar surface area (TPSA) is 76.5 Å². The predicted molar refractivity (Wildman–Crippen MR) is 68.5 cm³/mol. The Hall–Kier alpha value is -2.28. The highest BCUT2D eigenvalue weighted by molar-refractivity contribution is 5.73. The first kappa shape index (κ1) is 15.1. The number of carboxylic acids is 1. The molecule has 112 valence electrons. The Morgan fingerprint density at radius 2 is 1.81 bits per heavy atom. The van der Waals surface area contributed by atoms with Crippen LogP contribution in [-0.4, -0.2) is 17.1 Å². The van der Waals surface area contributed by atoms with Gasteiger partial charge in [0.1, 0.15) is 17.6 Å². The molecule has 0 saturated carbocycles. The minimum absolute atomic E-state index is 0.00989. The van der Waals surface area contributed by atoms with Gasteiger partial charge in [0, 0.05) is 12.0 Å². The smallest absolute Gasteiger partial charge is 0.416 e. The van der Waals surface area contributed by atoms with Crippen LogP contribution in [0.15, 0.2) is 40.8 Å². The summed E-state index contributed by atoms with van der Waals surface area (Å²) in [5.74, 6) is -0.432. The first-order valence-electron chi connectivity index (χ1n) is 6.02. The van der Waals surface area contributed by atoms with Crippen molar-refractivity contribution >= 4 is 5.97 Å². The number of benzene rings is 1. The highest BCUT2D eigenvalue weighted by Gasteiger charge is 2.30. The average Bonchev–Trinajstić information content (AvgIpc) is 2.86. The molecule has 1 unspecified atom stereocenters. The van der Waals surface area contributed by atoms with Gasteiger partial charge in [-0.25, -0.2) is 0 Å². The molecule has 0 aliphatic carbocycles. The van der Waals surface area contributed by atoms with Crippen molar-refractivity contribution in [1.82, 2.24) is 0 Å². The lowest BCUT2D eigenvalue weighted by molar-refractivity contribution is -0.139. The third-order valence-electron chi connectivity index (χ3n) is 2.90. The fraction of sp³-hybridized carbons (Fsp3) is 0.214. The van der Waals surface area contributed by atoms with Crippen LogP contribution in [0.5, 0.6) is 0 Å². The second-order valence-corrected chi connectivity index (χ2v) is 4.49. The number of aliphatic carboxylic acids is 1. The van der Waals surface area contributed by atoms with E-state index in [1.165, 1.54) is 12.1 Å². The predicted octanol–water partition coefficient (Wildman–Crippen LogP) is 2.92. The second-order valence-electron chi connectivity index (χ2n) is 4.49. The maximum absolute atomic E-state index is 12.5. The lowest BCUT2D eigenvalue weighted by Gasteiger charge is -2.06. The molecule has 1 heterocycles. The molecular formula is C14H12F3NO3. The lowest BCUT2D eigenvalue weighted by Crippen LogP contribution is -2.32. The largest absolute Gasteiger partial charge is 0.480 e. The Morgan fingerprint density at radius 3 is 2.33 bits per heavy atom. The summed E-state index contributed by atoms with van der Waals surface area (Å²) >= 11 is 0. The molecule has 3 N–H and O–H groups in total. The van der Waals surface area contributed by atoms with Gasteiger partial charge in [0.2, 0.25) is 0 Å². The zero-order valence-electron chi connectivity index (χ0n) is 10.7. The third-order valence-corrected chi connectivity index (χ3v) is 2.90. The fourth-order valence-corrected chi connectivity index (χ4v) is 1.77. The molecule has 1 aromatic carbocycles. The molecule has 2 aromatic rings. The standard InChI is InChI=1S/C14H12F3NO3/c15-14(16,17)9-3-1-8(2-4-9)12-6-5-10(21-12)7-11(18)13(19)20/h1-6,11H,7,18H2,(H,19,20). The van der Waals surface area contributed by atoms with Crippen molar-refractivity contribution in [2.45, 2.75) is 18.6 Å². The van der Waals surface area contributed by atoms with Crippen molar-refractivity contribution in [2.24, 2.45) is 5.73 Å². The Balaban J connectivity index is 2.16. The highest BCUT2D eigenvalue weighted by Crippen LogP contribution is 2.31. The summed E-state index contributed by atoms with van der Waals surface area (Å²) in [7, 11) is 0. The number of halogens is 3. The molecule has 1 atom stereocenters. The molecule has 2 rings (SSSR count). The number of furan rings is 1. The SMILES string of the molecule is NC(Cc1ccc(-c2ccc(C(F)(F)F)cc2)o1)C(=O)O. The van der Waals surface area contributed by atoms with Crippen LogP contribution < -0.4 is 5.73 Å². The Kier molecular flexibility index (Phi) is 4.04. The molecular weight excluding hydrogens is 287 g/mol. The van der Waals surface area contributed by atoms with Gasteiger partial charge in [-0.1, -0.05) is 12.1 Å². The first-order valence-corrected chi connectivity index (χ1v) is 6.02. The Bertz CT molecular complexity index is 632. The molecule has 7 heteroatoms. The number of hydrogen-bond acceptors (Lipinski definition) is 3. The molecule has 0 bridgehead atoms. The van der Waals surface area contributed by atoms with Crippen LogP contribution in [0, 0.1) is 0 Å². The minimum Gasteiger partial charge on any atom is -0.480 e. The van der Waals surface area contributed by atoms with Crippen molar-refractivity contribution in [3.63, 3.8) is 0 Å². The van der Waals surface area contributed by atoms with Gasteiger partial charge in [-0.15, -0.1) is 0 Å². The summed E-state index contributed by atoms with van der Waals surface area (Å²) in [6, 6.07) is 6.53. The Morgan fingerprint density at radius 1 is 1.19 bits per heavy atom. The molecule has 0 spiro atoms. The average molecular weight is 299 g/mol. The highest BCUT2D eigenvalue weighted by atomic mass is 19.4. The van der Waals surface area contributed by atoms with E-state index in [1.54, 1.807) is 12.1 Å². The van der Waals surface area contributed by atoms with E-state index >= 15 is 0 Å². The Labute approximate surface area is 118 Å². The van der Waals surface area contributed by atoms with Gasteiger partial charge in [-0.2, -0.15) is 13.2 Å². The molecule has 4 nitrogen and oxygen atoms in total. The summed E-state index contributed by atoms with van der Waals surface area (Å²) in [6.45, 7) is 0. The van der Waals surface area contributed by atoms with Crippen LogP contribution in [0.3, 0.4) is 0 Å². The number of hydrogen-bond donors (Lipinski definition) is 2. The van der Waals surface area contributed by atoms with Gasteiger partial charge in [-0.05, 0) is 24.3 Å². The van der Waals surface area contributed by atoms with Crippen molar-refractivity contribution < 1.29 is 27.5 Å². The summed E-state index contributed by atoms with van der Waals surface area (Å²) in [5, 5.41) is 8.70. The zero-order valence-corrected chi connectivity index (χ0v) is 10.7. The van der Waals surface area contributed by atoms with E-state index < -0.39 is 23.8 Å². The van der Waals surface area contributed by atoms with Crippen molar-refractivity contribution in [2.75, 3.05) is 0 Å². The number of nitrogens with two attached hydrogens (primary N) is 1. The van der Waals surface area contributed by atoms with Gasteiger partial charge in [0.05, 0.1) is 5.56 Å². The van der Waals surface area contributed by atoms with Crippen LogP contribution >= 0.6 is 0 Å². The third kappa shape index (κ3) is 3.63. The summed E-state index contributed by atoms with van der Waals surface area (Å²) < 4.78 is 42.7. The van der Waals surface area contributed by atoms with Gasteiger partial charge < -0.3 is 15.3 Å². The van der Waals surface area contributed by atoms with Crippen LogP contribution in [0.25, 0.3) is 11.3 Å². The maximum Gasteiger partial charge on any atom is 0.416 e.